The molecule has 1 fully saturated rings. The number of carbonyl (C=O) groups excluding carboxylic acids is 4. The third-order valence-corrected chi connectivity index (χ3v) is 8.94. The fraction of sp³-hybridized carbons (Fsp3) is 0.306. The van der Waals surface area contributed by atoms with Gasteiger partial charge in [0, 0.05) is 30.8 Å². The summed E-state index contributed by atoms with van der Waals surface area (Å²) in [4.78, 5) is 53.8. The van der Waals surface area contributed by atoms with Crippen LogP contribution in [0, 0.1) is 5.82 Å². The minimum absolute atomic E-state index is 0.0134. The minimum Gasteiger partial charge on any atom is -0.431 e. The Hall–Kier alpha value is -5.63. The number of carbonyl (C=O) groups is 4. The van der Waals surface area contributed by atoms with Crippen molar-refractivity contribution in [3.05, 3.63) is 106 Å². The van der Waals surface area contributed by atoms with E-state index in [0.717, 1.165) is 37.7 Å². The van der Waals surface area contributed by atoms with Gasteiger partial charge in [0.2, 0.25) is 12.2 Å². The van der Waals surface area contributed by atoms with Gasteiger partial charge in [-0.3, -0.25) is 9.59 Å². The number of rotatable bonds is 9. The average molecular weight is 717 g/mol. The summed E-state index contributed by atoms with van der Waals surface area (Å²) in [5, 5.41) is 13.7. The van der Waals surface area contributed by atoms with E-state index >= 15 is 4.39 Å². The van der Waals surface area contributed by atoms with Crippen molar-refractivity contribution in [2.45, 2.75) is 63.9 Å². The molecule has 15 heteroatoms. The summed E-state index contributed by atoms with van der Waals surface area (Å²) in [6, 6.07) is 15.1. The summed E-state index contributed by atoms with van der Waals surface area (Å²) in [7, 11) is 0. The third kappa shape index (κ3) is 8.40. The molecule has 1 saturated carbocycles. The van der Waals surface area contributed by atoms with Crippen molar-refractivity contribution in [3.8, 4) is 5.69 Å². The van der Waals surface area contributed by atoms with Gasteiger partial charge in [0.25, 0.3) is 5.91 Å². The van der Waals surface area contributed by atoms with Crippen LogP contribution in [0.15, 0.2) is 73.1 Å². The topological polar surface area (TPSA) is 155 Å². The first-order valence-electron chi connectivity index (χ1n) is 16.4. The number of fused-ring (bicyclic) bond motifs is 1. The van der Waals surface area contributed by atoms with Crippen molar-refractivity contribution < 1.29 is 37.8 Å². The molecule has 1 aliphatic carbocycles. The second-order valence-electron chi connectivity index (χ2n) is 12.1. The monoisotopic (exact) mass is 716 g/mol. The van der Waals surface area contributed by atoms with Crippen LogP contribution in [0.4, 0.5) is 14.9 Å². The molecule has 1 aromatic heterocycles. The molecule has 1 aliphatic heterocycles. The fourth-order valence-corrected chi connectivity index (χ4v) is 6.31. The molecular weight excluding hydrogens is 683 g/mol. The highest BCUT2D eigenvalue weighted by Crippen LogP contribution is 2.32. The van der Waals surface area contributed by atoms with E-state index in [1.807, 2.05) is 12.1 Å². The number of nitrogens with one attached hydrogen (secondary N) is 1. The lowest BCUT2D eigenvalue weighted by Gasteiger charge is -2.35. The van der Waals surface area contributed by atoms with Gasteiger partial charge in [-0.05, 0) is 96.1 Å². The molecule has 2 aliphatic rings. The lowest BCUT2D eigenvalue weighted by molar-refractivity contribution is -0.135. The predicted molar refractivity (Wildman–Crippen MR) is 182 cm³/mol. The van der Waals surface area contributed by atoms with Gasteiger partial charge in [-0.15, -0.1) is 5.10 Å². The number of tetrazole rings is 1. The second kappa shape index (κ2) is 15.9. The molecule has 4 aromatic rings. The summed E-state index contributed by atoms with van der Waals surface area (Å²) in [6.07, 6.45) is 6.60. The summed E-state index contributed by atoms with van der Waals surface area (Å²) in [5.41, 5.74) is 2.31. The first kappa shape index (κ1) is 35.2. The van der Waals surface area contributed by atoms with Gasteiger partial charge in [-0.1, -0.05) is 42.3 Å². The van der Waals surface area contributed by atoms with Gasteiger partial charge in [0.05, 0.1) is 16.3 Å². The quantitative estimate of drug-likeness (QED) is 0.120. The SMILES string of the molecule is CC(OC(=O)OC1CCCCC1)OC(=O)c1ccc(NC(=O)C2c3ccccc3CCN2C(=O)/C=C/c2c(-n3cnnn3)ccc(Cl)c2F)cc1. The highest BCUT2D eigenvalue weighted by Gasteiger charge is 2.35. The Morgan fingerprint density at radius 2 is 1.76 bits per heavy atom. The summed E-state index contributed by atoms with van der Waals surface area (Å²) >= 11 is 6.04. The number of anilines is 1. The fourth-order valence-electron chi connectivity index (χ4n) is 6.15. The van der Waals surface area contributed by atoms with E-state index in [9.17, 15) is 19.2 Å². The molecule has 0 radical (unpaired) electrons. The number of benzene rings is 3. The molecule has 0 saturated heterocycles. The van der Waals surface area contributed by atoms with Crippen LogP contribution < -0.4 is 5.32 Å². The van der Waals surface area contributed by atoms with Gasteiger partial charge in [0.1, 0.15) is 18.5 Å². The largest absolute Gasteiger partial charge is 0.511 e. The predicted octanol–water partition coefficient (Wildman–Crippen LogP) is 6.22. The van der Waals surface area contributed by atoms with Crippen molar-refractivity contribution >= 4 is 47.3 Å². The number of aromatic nitrogens is 4. The summed E-state index contributed by atoms with van der Waals surface area (Å²) in [6.45, 7) is 1.63. The normalized spacial score (nSPS) is 16.6. The van der Waals surface area contributed by atoms with Crippen molar-refractivity contribution in [1.29, 1.82) is 0 Å². The highest BCUT2D eigenvalue weighted by molar-refractivity contribution is 6.31. The standard InChI is InChI=1S/C36H34ClFN6O7/c1-22(50-36(48)51-26-8-3-2-4-9-26)49-35(47)24-11-13-25(14-12-24)40-34(46)33-27-10-6-5-7-23(27)19-20-43(33)31(45)18-15-28-30(44-21-39-41-42-44)17-16-29(37)32(28)38/h5-7,10-18,21-22,26,33H,2-4,8-9,19-20H2,1H3,(H,40,46)/b18-15+. The van der Waals surface area contributed by atoms with Crippen molar-refractivity contribution in [2.24, 2.45) is 0 Å². The van der Waals surface area contributed by atoms with E-state index < -0.39 is 42.1 Å². The molecule has 51 heavy (non-hydrogen) atoms. The van der Waals surface area contributed by atoms with Crippen LogP contribution in [-0.2, 0) is 30.2 Å². The number of halogens is 2. The van der Waals surface area contributed by atoms with E-state index in [2.05, 4.69) is 20.8 Å². The Morgan fingerprint density at radius 1 is 1.00 bits per heavy atom. The maximum absolute atomic E-state index is 15.2. The Labute approximate surface area is 297 Å². The smallest absolute Gasteiger partial charge is 0.431 e. The highest BCUT2D eigenvalue weighted by atomic mass is 35.5. The Kier molecular flexibility index (Phi) is 11.0. The first-order chi connectivity index (χ1) is 24.7. The lowest BCUT2D eigenvalue weighted by Crippen LogP contribution is -2.44. The molecule has 2 heterocycles. The Bertz CT molecular complexity index is 1930. The molecule has 2 amide bonds. The van der Waals surface area contributed by atoms with Crippen LogP contribution in [0.25, 0.3) is 11.8 Å². The summed E-state index contributed by atoms with van der Waals surface area (Å²) < 4.78 is 32.0. The van der Waals surface area contributed by atoms with Gasteiger partial charge in [-0.2, -0.15) is 4.68 Å². The zero-order valence-electron chi connectivity index (χ0n) is 27.5. The molecular formula is C36H34ClFN6O7. The van der Waals surface area contributed by atoms with E-state index in [1.165, 1.54) is 71.4 Å². The van der Waals surface area contributed by atoms with Gasteiger partial charge >= 0.3 is 12.1 Å². The van der Waals surface area contributed by atoms with Crippen LogP contribution in [0.5, 0.6) is 0 Å². The molecule has 2 unspecified atom stereocenters. The minimum atomic E-state index is -1.18. The molecule has 1 N–H and O–H groups in total. The van der Waals surface area contributed by atoms with Crippen LogP contribution in [0.1, 0.15) is 72.1 Å². The number of amides is 2. The maximum atomic E-state index is 15.2. The molecule has 3 aromatic carbocycles. The second-order valence-corrected chi connectivity index (χ2v) is 12.5. The van der Waals surface area contributed by atoms with Crippen molar-refractivity contribution in [1.82, 2.24) is 25.1 Å². The molecule has 264 valence electrons. The zero-order chi connectivity index (χ0) is 35.9. The number of hydrogen-bond donors (Lipinski definition) is 1. The first-order valence-corrected chi connectivity index (χ1v) is 16.8. The Morgan fingerprint density at radius 3 is 2.51 bits per heavy atom. The number of esters is 1. The summed E-state index contributed by atoms with van der Waals surface area (Å²) in [5.74, 6) is -2.54. The average Bonchev–Trinajstić information content (AvgIpc) is 3.67. The Balaban J connectivity index is 1.13. The maximum Gasteiger partial charge on any atom is 0.511 e. The van der Waals surface area contributed by atoms with Gasteiger partial charge in [0.15, 0.2) is 5.82 Å². The van der Waals surface area contributed by atoms with Crippen LogP contribution in [-0.4, -0.2) is 68.0 Å². The zero-order valence-corrected chi connectivity index (χ0v) is 28.3. The molecule has 13 nitrogen and oxygen atoms in total. The van der Waals surface area contributed by atoms with E-state index in [1.54, 1.807) is 12.1 Å². The number of ether oxygens (including phenoxy) is 3. The lowest BCUT2D eigenvalue weighted by atomic mass is 9.91. The van der Waals surface area contributed by atoms with Gasteiger partial charge < -0.3 is 24.4 Å². The molecule has 0 bridgehead atoms. The van der Waals surface area contributed by atoms with E-state index in [-0.39, 0.29) is 34.5 Å². The molecule has 2 atom stereocenters. The van der Waals surface area contributed by atoms with Gasteiger partial charge in [-0.25, -0.2) is 14.0 Å². The van der Waals surface area contributed by atoms with E-state index in [4.69, 9.17) is 25.8 Å². The van der Waals surface area contributed by atoms with Crippen molar-refractivity contribution in [3.63, 3.8) is 0 Å². The van der Waals surface area contributed by atoms with Crippen LogP contribution in [0.2, 0.25) is 5.02 Å². The van der Waals surface area contributed by atoms with Crippen LogP contribution >= 0.6 is 11.6 Å². The number of nitrogens with zero attached hydrogens (tertiary/aromatic N) is 5. The molecule has 0 spiro atoms. The third-order valence-electron chi connectivity index (χ3n) is 8.65. The molecule has 6 rings (SSSR count). The van der Waals surface area contributed by atoms with Crippen molar-refractivity contribution in [2.75, 3.05) is 11.9 Å². The number of hydrogen-bond acceptors (Lipinski definition) is 10. The van der Waals surface area contributed by atoms with Crippen LogP contribution in [0.3, 0.4) is 0 Å². The van der Waals surface area contributed by atoms with E-state index in [0.29, 0.717) is 17.7 Å².